The molecule has 1 unspecified atom stereocenters. The zero-order valence-corrected chi connectivity index (χ0v) is 14.2. The first-order valence-electron chi connectivity index (χ1n) is 8.23. The highest BCUT2D eigenvalue weighted by atomic mass is 32.1. The molecule has 2 aromatic heterocycles. The van der Waals surface area contributed by atoms with Crippen LogP contribution >= 0.6 is 11.3 Å². The van der Waals surface area contributed by atoms with Gasteiger partial charge in [-0.1, -0.05) is 0 Å². The first-order valence-corrected chi connectivity index (χ1v) is 9.17. The number of pyridine rings is 1. The van der Waals surface area contributed by atoms with Crippen LogP contribution in [0, 0.1) is 5.41 Å². The first kappa shape index (κ1) is 15.3. The van der Waals surface area contributed by atoms with E-state index in [0.29, 0.717) is 18.7 Å². The minimum atomic E-state index is -0.414. The molecule has 124 valence electrons. The van der Waals surface area contributed by atoms with E-state index in [2.05, 4.69) is 4.98 Å². The second-order valence-corrected chi connectivity index (χ2v) is 7.31. The van der Waals surface area contributed by atoms with E-state index in [-0.39, 0.29) is 11.8 Å². The lowest BCUT2D eigenvalue weighted by atomic mass is 9.78. The second kappa shape index (κ2) is 6.02. The summed E-state index contributed by atoms with van der Waals surface area (Å²) in [6.45, 7) is 1.98. The zero-order valence-electron chi connectivity index (χ0n) is 13.4. The summed E-state index contributed by atoms with van der Waals surface area (Å²) in [7, 11) is 0. The van der Waals surface area contributed by atoms with E-state index < -0.39 is 5.41 Å². The highest BCUT2D eigenvalue weighted by molar-refractivity contribution is 7.08. The number of hydrogen-bond donors (Lipinski definition) is 0. The van der Waals surface area contributed by atoms with Crippen LogP contribution in [0.1, 0.15) is 29.6 Å². The highest BCUT2D eigenvalue weighted by Gasteiger charge is 2.50. The molecule has 2 aliphatic rings. The van der Waals surface area contributed by atoms with E-state index in [1.54, 1.807) is 35.9 Å². The van der Waals surface area contributed by atoms with Crippen molar-refractivity contribution in [3.8, 4) is 0 Å². The van der Waals surface area contributed by atoms with E-state index in [1.165, 1.54) is 0 Å². The van der Waals surface area contributed by atoms with Crippen LogP contribution in [0.25, 0.3) is 0 Å². The van der Waals surface area contributed by atoms with Crippen LogP contribution in [0.15, 0.2) is 41.4 Å². The Morgan fingerprint density at radius 3 is 2.75 bits per heavy atom. The number of aromatic nitrogens is 1. The lowest BCUT2D eigenvalue weighted by Gasteiger charge is -2.39. The molecule has 6 heteroatoms. The van der Waals surface area contributed by atoms with Crippen LogP contribution in [-0.4, -0.2) is 41.3 Å². The smallest absolute Gasteiger partial charge is 0.253 e. The van der Waals surface area contributed by atoms with Gasteiger partial charge in [-0.25, -0.2) is 0 Å². The minimum absolute atomic E-state index is 0.00161. The number of carbonyl (C=O) groups excluding carboxylic acids is 2. The maximum absolute atomic E-state index is 13.1. The molecule has 2 fully saturated rings. The number of piperidine rings is 1. The van der Waals surface area contributed by atoms with Crippen LogP contribution in [-0.2, 0) is 4.79 Å². The number of anilines is 1. The molecular weight excluding hydrogens is 322 g/mol. The number of amides is 2. The summed E-state index contributed by atoms with van der Waals surface area (Å²) in [5.41, 5.74) is 1.21. The summed E-state index contributed by atoms with van der Waals surface area (Å²) in [6.07, 6.45) is 5.83. The Bertz CT molecular complexity index is 747. The SMILES string of the molecule is O=C(c1ccncc1)N1CCCC2(CCN(c3ccsc3)C2=O)C1. The van der Waals surface area contributed by atoms with Crippen LogP contribution in [0.5, 0.6) is 0 Å². The predicted molar refractivity (Wildman–Crippen MR) is 93.1 cm³/mol. The molecule has 2 aromatic rings. The van der Waals surface area contributed by atoms with Gasteiger partial charge in [0.2, 0.25) is 5.91 Å². The first-order chi connectivity index (χ1) is 11.7. The fourth-order valence-electron chi connectivity index (χ4n) is 3.84. The Morgan fingerprint density at radius 1 is 1.17 bits per heavy atom. The third-order valence-corrected chi connectivity index (χ3v) is 5.79. The van der Waals surface area contributed by atoms with E-state index in [9.17, 15) is 9.59 Å². The fourth-order valence-corrected chi connectivity index (χ4v) is 4.48. The van der Waals surface area contributed by atoms with E-state index >= 15 is 0 Å². The topological polar surface area (TPSA) is 53.5 Å². The van der Waals surface area contributed by atoms with Gasteiger partial charge >= 0.3 is 0 Å². The molecule has 0 aliphatic carbocycles. The molecule has 0 bridgehead atoms. The number of carbonyl (C=O) groups is 2. The lowest BCUT2D eigenvalue weighted by Crippen LogP contribution is -2.49. The van der Waals surface area contributed by atoms with E-state index in [0.717, 1.165) is 31.5 Å². The quantitative estimate of drug-likeness (QED) is 0.844. The van der Waals surface area contributed by atoms with E-state index in [4.69, 9.17) is 0 Å². The average molecular weight is 341 g/mol. The molecule has 2 amide bonds. The molecule has 2 aliphatic heterocycles. The Hall–Kier alpha value is -2.21. The number of nitrogens with zero attached hydrogens (tertiary/aromatic N) is 3. The molecule has 5 nitrogen and oxygen atoms in total. The molecule has 0 saturated carbocycles. The summed E-state index contributed by atoms with van der Waals surface area (Å²) in [4.78, 5) is 33.5. The van der Waals surface area contributed by atoms with Gasteiger partial charge in [0, 0.05) is 43.0 Å². The van der Waals surface area contributed by atoms with Gasteiger partial charge in [-0.2, -0.15) is 11.3 Å². The normalized spacial score (nSPS) is 23.9. The van der Waals surface area contributed by atoms with Crippen molar-refractivity contribution < 1.29 is 9.59 Å². The highest BCUT2D eigenvalue weighted by Crippen LogP contribution is 2.42. The average Bonchev–Trinajstić information content (AvgIpc) is 3.25. The predicted octanol–water partition coefficient (Wildman–Crippen LogP) is 2.80. The molecule has 24 heavy (non-hydrogen) atoms. The molecule has 2 saturated heterocycles. The Morgan fingerprint density at radius 2 is 2.00 bits per heavy atom. The van der Waals surface area contributed by atoms with Gasteiger partial charge in [0.05, 0.1) is 11.1 Å². The van der Waals surface area contributed by atoms with Crippen molar-refractivity contribution in [3.05, 3.63) is 46.9 Å². The van der Waals surface area contributed by atoms with Crippen molar-refractivity contribution in [1.82, 2.24) is 9.88 Å². The van der Waals surface area contributed by atoms with E-state index in [1.807, 2.05) is 26.6 Å². The molecule has 1 spiro atoms. The van der Waals surface area contributed by atoms with Crippen molar-refractivity contribution in [2.24, 2.45) is 5.41 Å². The minimum Gasteiger partial charge on any atom is -0.338 e. The van der Waals surface area contributed by atoms with Crippen molar-refractivity contribution in [3.63, 3.8) is 0 Å². The number of hydrogen-bond acceptors (Lipinski definition) is 4. The maximum atomic E-state index is 13.1. The van der Waals surface area contributed by atoms with Gasteiger partial charge in [-0.15, -0.1) is 0 Å². The monoisotopic (exact) mass is 341 g/mol. The van der Waals surface area contributed by atoms with Gasteiger partial charge < -0.3 is 9.80 Å². The summed E-state index contributed by atoms with van der Waals surface area (Å²) >= 11 is 1.60. The maximum Gasteiger partial charge on any atom is 0.253 e. The molecule has 0 N–H and O–H groups in total. The van der Waals surface area contributed by atoms with Crippen LogP contribution < -0.4 is 4.90 Å². The summed E-state index contributed by atoms with van der Waals surface area (Å²) in [6, 6.07) is 5.46. The zero-order chi connectivity index (χ0) is 16.6. The summed E-state index contributed by atoms with van der Waals surface area (Å²) in [5.74, 6) is 0.173. The third-order valence-electron chi connectivity index (χ3n) is 5.12. The fraction of sp³-hybridized carbons (Fsp3) is 0.389. The van der Waals surface area contributed by atoms with Crippen LogP contribution in [0.4, 0.5) is 5.69 Å². The lowest BCUT2D eigenvalue weighted by molar-refractivity contribution is -0.127. The van der Waals surface area contributed by atoms with Gasteiger partial charge in [-0.3, -0.25) is 14.6 Å². The summed E-state index contributed by atoms with van der Waals surface area (Å²) in [5, 5.41) is 4.01. The van der Waals surface area contributed by atoms with Gasteiger partial charge in [0.25, 0.3) is 5.91 Å². The second-order valence-electron chi connectivity index (χ2n) is 6.53. The third kappa shape index (κ3) is 2.51. The number of rotatable bonds is 2. The molecule has 1 atom stereocenters. The van der Waals surface area contributed by atoms with Crippen molar-refractivity contribution in [1.29, 1.82) is 0 Å². The van der Waals surface area contributed by atoms with Gasteiger partial charge in [-0.05, 0) is 42.8 Å². The Kier molecular flexibility index (Phi) is 3.84. The van der Waals surface area contributed by atoms with Crippen molar-refractivity contribution in [2.75, 3.05) is 24.5 Å². The molecule has 4 rings (SSSR count). The Balaban J connectivity index is 1.55. The molecular formula is C18H19N3O2S. The largest absolute Gasteiger partial charge is 0.338 e. The number of likely N-dealkylation sites (tertiary alicyclic amines) is 1. The van der Waals surface area contributed by atoms with Crippen LogP contribution in [0.2, 0.25) is 0 Å². The van der Waals surface area contributed by atoms with Crippen LogP contribution in [0.3, 0.4) is 0 Å². The molecule has 0 radical (unpaired) electrons. The molecule has 0 aromatic carbocycles. The number of thiophene rings is 1. The van der Waals surface area contributed by atoms with Crippen molar-refractivity contribution in [2.45, 2.75) is 19.3 Å². The molecule has 4 heterocycles. The van der Waals surface area contributed by atoms with Crippen molar-refractivity contribution >= 4 is 28.8 Å². The van der Waals surface area contributed by atoms with Gasteiger partial charge in [0.15, 0.2) is 0 Å². The summed E-state index contributed by atoms with van der Waals surface area (Å²) < 4.78 is 0. The Labute approximate surface area is 144 Å². The van der Waals surface area contributed by atoms with Gasteiger partial charge in [0.1, 0.15) is 0 Å². The standard InChI is InChI=1S/C18H19N3O2S/c22-16(14-2-7-19-8-3-14)20-9-1-5-18(13-20)6-10-21(17(18)23)15-4-11-24-12-15/h2-4,7-8,11-12H,1,5-6,9-10,13H2.